The Morgan fingerprint density at radius 1 is 0.743 bits per heavy atom. The Morgan fingerprint density at radius 2 is 1.20 bits per heavy atom. The summed E-state index contributed by atoms with van der Waals surface area (Å²) >= 11 is 0. The fourth-order valence-corrected chi connectivity index (χ4v) is 6.20. The second kappa shape index (κ2) is 11.3. The van der Waals surface area contributed by atoms with E-state index in [0.717, 1.165) is 35.8 Å². The molecule has 0 amide bonds. The van der Waals surface area contributed by atoms with Gasteiger partial charge in [-0.15, -0.1) is 0 Å². The van der Waals surface area contributed by atoms with Gasteiger partial charge in [0.15, 0.2) is 5.43 Å². The highest BCUT2D eigenvalue weighted by molar-refractivity contribution is 5.72. The van der Waals surface area contributed by atoms with Crippen molar-refractivity contribution >= 4 is 0 Å². The zero-order valence-electron chi connectivity index (χ0n) is 21.2. The molecular weight excluding hydrogens is 430 g/mol. The predicted octanol–water partition coefficient (Wildman–Crippen LogP) is 7.49. The van der Waals surface area contributed by atoms with Gasteiger partial charge in [-0.3, -0.25) is 4.79 Å². The average Bonchev–Trinajstić information content (AvgIpc) is 3.61. The van der Waals surface area contributed by atoms with E-state index in [0.29, 0.717) is 11.1 Å². The summed E-state index contributed by atoms with van der Waals surface area (Å²) in [4.78, 5) is 19.3. The highest BCUT2D eigenvalue weighted by atomic mass is 16.6. The molecule has 0 unspecified atom stereocenters. The number of hydrogen-bond acceptors (Lipinski definition) is 2. The van der Waals surface area contributed by atoms with Crippen LogP contribution in [0.25, 0.3) is 22.3 Å². The summed E-state index contributed by atoms with van der Waals surface area (Å²) in [6, 6.07) is 17.1. The lowest BCUT2D eigenvalue weighted by molar-refractivity contribution is 0.166. The van der Waals surface area contributed by atoms with Gasteiger partial charge in [0.05, 0.1) is 12.4 Å². The van der Waals surface area contributed by atoms with E-state index in [1.165, 1.54) is 75.3 Å². The van der Waals surface area contributed by atoms with E-state index in [-0.39, 0.29) is 5.43 Å². The number of aromatic nitrogens is 1. The average molecular weight is 470 g/mol. The topological polar surface area (TPSA) is 31.2 Å². The molecule has 35 heavy (non-hydrogen) atoms. The largest absolute Gasteiger partial charge is 0.418 e. The molecule has 1 heterocycles. The second-order valence-corrected chi connectivity index (χ2v) is 10.7. The summed E-state index contributed by atoms with van der Waals surface area (Å²) in [5.41, 5.74) is 6.05. The highest BCUT2D eigenvalue weighted by Crippen LogP contribution is 2.31. The van der Waals surface area contributed by atoms with Crippen molar-refractivity contribution in [2.45, 2.75) is 77.0 Å². The minimum atomic E-state index is 0.0687. The molecule has 2 aromatic carbocycles. The third-order valence-electron chi connectivity index (χ3n) is 8.32. The summed E-state index contributed by atoms with van der Waals surface area (Å²) in [7, 11) is 1.65. The van der Waals surface area contributed by atoms with E-state index in [1.54, 1.807) is 11.8 Å². The lowest BCUT2D eigenvalue weighted by atomic mass is 9.94. The van der Waals surface area contributed by atoms with Crippen LogP contribution < -0.4 is 10.3 Å². The van der Waals surface area contributed by atoms with Gasteiger partial charge in [0.25, 0.3) is 0 Å². The van der Waals surface area contributed by atoms with Crippen molar-refractivity contribution in [2.75, 3.05) is 7.11 Å². The minimum Gasteiger partial charge on any atom is -0.418 e. The number of rotatable bonds is 9. The van der Waals surface area contributed by atoms with E-state index in [1.807, 2.05) is 12.4 Å². The minimum absolute atomic E-state index is 0.0687. The molecule has 0 radical (unpaired) electrons. The van der Waals surface area contributed by atoms with Crippen LogP contribution in [0.3, 0.4) is 0 Å². The first-order valence-corrected chi connectivity index (χ1v) is 13.7. The van der Waals surface area contributed by atoms with E-state index in [4.69, 9.17) is 4.84 Å². The molecule has 3 heteroatoms. The molecule has 2 saturated carbocycles. The molecule has 0 spiro atoms. The van der Waals surface area contributed by atoms with Gasteiger partial charge < -0.3 is 4.84 Å². The first-order chi connectivity index (χ1) is 17.2. The van der Waals surface area contributed by atoms with Crippen molar-refractivity contribution in [3.8, 4) is 22.3 Å². The molecule has 5 rings (SSSR count). The Labute approximate surface area is 210 Å². The van der Waals surface area contributed by atoms with Crippen molar-refractivity contribution in [2.24, 2.45) is 11.8 Å². The van der Waals surface area contributed by atoms with Crippen LogP contribution in [0, 0.1) is 11.8 Å². The fraction of sp³-hybridized carbons (Fsp3) is 0.469. The SMILES string of the molecule is COn1cc(-c2cccc(CCC3CCCC3)c2)c(=O)c(-c2cccc(CCC3CCCC3)c2)c1. The number of aryl methyl sites for hydroxylation is 2. The first-order valence-electron chi connectivity index (χ1n) is 13.7. The van der Waals surface area contributed by atoms with Crippen molar-refractivity contribution in [1.29, 1.82) is 0 Å². The van der Waals surface area contributed by atoms with Crippen molar-refractivity contribution in [1.82, 2.24) is 4.73 Å². The lowest BCUT2D eigenvalue weighted by Gasteiger charge is -2.14. The molecule has 184 valence electrons. The summed E-state index contributed by atoms with van der Waals surface area (Å²) in [5.74, 6) is 1.74. The normalized spacial score (nSPS) is 16.7. The molecule has 0 atom stereocenters. The summed E-state index contributed by atoms with van der Waals surface area (Å²) in [5, 5.41) is 0. The van der Waals surface area contributed by atoms with Crippen molar-refractivity contribution in [3.05, 3.63) is 82.3 Å². The van der Waals surface area contributed by atoms with Gasteiger partial charge in [-0.25, -0.2) is 0 Å². The molecule has 0 bridgehead atoms. The predicted molar refractivity (Wildman–Crippen MR) is 145 cm³/mol. The molecule has 0 N–H and O–H groups in total. The molecule has 1 aromatic heterocycles. The standard InChI is InChI=1S/C32H39NO2/c1-35-33-22-30(28-14-6-12-26(20-28)18-16-24-8-2-3-9-24)32(34)31(23-33)29-15-7-13-27(21-29)19-17-25-10-4-5-11-25/h6-7,12-15,20-25H,2-5,8-11,16-19H2,1H3. The van der Waals surface area contributed by atoms with Gasteiger partial charge in [-0.2, -0.15) is 4.73 Å². The summed E-state index contributed by atoms with van der Waals surface area (Å²) in [6.45, 7) is 0. The van der Waals surface area contributed by atoms with Crippen LogP contribution in [0.2, 0.25) is 0 Å². The molecular formula is C32H39NO2. The Balaban J connectivity index is 1.41. The van der Waals surface area contributed by atoms with Crippen LogP contribution in [0.1, 0.15) is 75.3 Å². The van der Waals surface area contributed by atoms with E-state index >= 15 is 0 Å². The fourth-order valence-electron chi connectivity index (χ4n) is 6.20. The highest BCUT2D eigenvalue weighted by Gasteiger charge is 2.17. The molecule has 3 aromatic rings. The van der Waals surface area contributed by atoms with Gasteiger partial charge in [-0.05, 0) is 59.8 Å². The number of hydrogen-bond donors (Lipinski definition) is 0. The van der Waals surface area contributed by atoms with Crippen LogP contribution in [0.4, 0.5) is 0 Å². The van der Waals surface area contributed by atoms with Crippen molar-refractivity contribution in [3.63, 3.8) is 0 Å². The van der Waals surface area contributed by atoms with Gasteiger partial charge in [-0.1, -0.05) is 99.9 Å². The molecule has 3 nitrogen and oxygen atoms in total. The quantitative estimate of drug-likeness (QED) is 0.325. The Kier molecular flexibility index (Phi) is 7.71. The van der Waals surface area contributed by atoms with Gasteiger partial charge >= 0.3 is 0 Å². The van der Waals surface area contributed by atoms with Gasteiger partial charge in [0, 0.05) is 11.1 Å². The molecule has 2 aliphatic carbocycles. The molecule has 2 fully saturated rings. The van der Waals surface area contributed by atoms with Crippen LogP contribution in [-0.4, -0.2) is 11.8 Å². The van der Waals surface area contributed by atoms with E-state index in [2.05, 4.69) is 48.5 Å². The number of pyridine rings is 1. The second-order valence-electron chi connectivity index (χ2n) is 10.7. The van der Waals surface area contributed by atoms with E-state index in [9.17, 15) is 4.79 Å². The number of nitrogens with zero attached hydrogens (tertiary/aromatic N) is 1. The summed E-state index contributed by atoms with van der Waals surface area (Å²) < 4.78 is 1.67. The zero-order chi connectivity index (χ0) is 24.0. The van der Waals surface area contributed by atoms with Crippen LogP contribution >= 0.6 is 0 Å². The maximum Gasteiger partial charge on any atom is 0.197 e. The molecule has 2 aliphatic rings. The Morgan fingerprint density at radius 3 is 1.63 bits per heavy atom. The smallest absolute Gasteiger partial charge is 0.197 e. The lowest BCUT2D eigenvalue weighted by Crippen LogP contribution is -2.16. The third kappa shape index (κ3) is 5.89. The van der Waals surface area contributed by atoms with Crippen LogP contribution in [0.15, 0.2) is 65.7 Å². The zero-order valence-corrected chi connectivity index (χ0v) is 21.2. The first kappa shape index (κ1) is 23.9. The Hall–Kier alpha value is -2.81. The maximum atomic E-state index is 13.7. The van der Waals surface area contributed by atoms with Crippen LogP contribution in [-0.2, 0) is 12.8 Å². The summed E-state index contributed by atoms with van der Waals surface area (Å²) in [6.07, 6.45) is 19.4. The van der Waals surface area contributed by atoms with E-state index < -0.39 is 0 Å². The van der Waals surface area contributed by atoms with Crippen LogP contribution in [0.5, 0.6) is 0 Å². The third-order valence-corrected chi connectivity index (χ3v) is 8.32. The van der Waals surface area contributed by atoms with Gasteiger partial charge in [0.1, 0.15) is 7.11 Å². The Bertz CT molecular complexity index is 1090. The van der Waals surface area contributed by atoms with Crippen molar-refractivity contribution < 1.29 is 4.84 Å². The van der Waals surface area contributed by atoms with Gasteiger partial charge in [0.2, 0.25) is 0 Å². The number of benzene rings is 2. The monoisotopic (exact) mass is 469 g/mol. The molecule has 0 aliphatic heterocycles. The maximum absolute atomic E-state index is 13.7. The molecule has 0 saturated heterocycles.